The summed E-state index contributed by atoms with van der Waals surface area (Å²) in [5.74, 6) is 0.298. The summed E-state index contributed by atoms with van der Waals surface area (Å²) < 4.78 is 26.1. The van der Waals surface area contributed by atoms with Crippen LogP contribution in [0.25, 0.3) is 0 Å². The normalized spacial score (nSPS) is 11.8. The van der Waals surface area contributed by atoms with Crippen LogP contribution in [0.1, 0.15) is 18.1 Å². The summed E-state index contributed by atoms with van der Waals surface area (Å²) in [7, 11) is -2.00. The van der Waals surface area contributed by atoms with Crippen molar-refractivity contribution in [2.24, 2.45) is 0 Å². The van der Waals surface area contributed by atoms with Gasteiger partial charge in [0.05, 0.1) is 0 Å². The molecule has 112 valence electrons. The van der Waals surface area contributed by atoms with Crippen LogP contribution in [0, 0.1) is 0 Å². The summed E-state index contributed by atoms with van der Waals surface area (Å²) in [6, 6.07) is 10.9. The molecular formula is C15H19N3O2S. The van der Waals surface area contributed by atoms with Gasteiger partial charge in [-0.2, -0.15) is 4.31 Å². The second-order valence-electron chi connectivity index (χ2n) is 4.85. The maximum absolute atomic E-state index is 12.4. The van der Waals surface area contributed by atoms with E-state index in [1.807, 2.05) is 24.3 Å². The third kappa shape index (κ3) is 3.59. The van der Waals surface area contributed by atoms with Gasteiger partial charge in [0.1, 0.15) is 10.7 Å². The van der Waals surface area contributed by atoms with Gasteiger partial charge in [0.15, 0.2) is 0 Å². The fourth-order valence-corrected chi connectivity index (χ4v) is 3.05. The molecule has 5 nitrogen and oxygen atoms in total. The van der Waals surface area contributed by atoms with E-state index in [9.17, 15) is 8.42 Å². The standard InChI is InChI=1S/C15H19N3O2S/c1-3-12-4-6-13(7-5-12)11-18(2)21(19,20)14-8-9-15(16)17-10-14/h4-10H,3,11H2,1-2H3,(H2,16,17). The molecule has 0 spiro atoms. The van der Waals surface area contributed by atoms with E-state index in [0.717, 1.165) is 12.0 Å². The Labute approximate surface area is 125 Å². The first-order valence-corrected chi connectivity index (χ1v) is 8.13. The average Bonchev–Trinajstić information content (AvgIpc) is 2.48. The zero-order valence-electron chi connectivity index (χ0n) is 12.2. The number of anilines is 1. The molecule has 2 N–H and O–H groups in total. The number of nitrogens with two attached hydrogens (primary N) is 1. The molecule has 2 aromatic rings. The van der Waals surface area contributed by atoms with Gasteiger partial charge < -0.3 is 5.73 Å². The Morgan fingerprint density at radius 1 is 1.10 bits per heavy atom. The molecule has 0 aliphatic rings. The molecule has 1 aromatic heterocycles. The van der Waals surface area contributed by atoms with Gasteiger partial charge in [-0.3, -0.25) is 0 Å². The second kappa shape index (κ2) is 6.24. The number of sulfonamides is 1. The van der Waals surface area contributed by atoms with E-state index >= 15 is 0 Å². The fourth-order valence-electron chi connectivity index (χ4n) is 1.95. The van der Waals surface area contributed by atoms with Crippen LogP contribution in [0.5, 0.6) is 0 Å². The SMILES string of the molecule is CCc1ccc(CN(C)S(=O)(=O)c2ccc(N)nc2)cc1. The van der Waals surface area contributed by atoms with Crippen LogP contribution >= 0.6 is 0 Å². The minimum absolute atomic E-state index is 0.143. The minimum atomic E-state index is -3.55. The van der Waals surface area contributed by atoms with E-state index in [-0.39, 0.29) is 4.90 Å². The predicted molar refractivity (Wildman–Crippen MR) is 83.1 cm³/mol. The average molecular weight is 305 g/mol. The van der Waals surface area contributed by atoms with Gasteiger partial charge in [-0.15, -0.1) is 0 Å². The number of aromatic nitrogens is 1. The molecule has 1 heterocycles. The Balaban J connectivity index is 2.17. The van der Waals surface area contributed by atoms with E-state index in [1.165, 1.54) is 28.2 Å². The predicted octanol–water partition coefficient (Wildman–Crippen LogP) is 2.05. The van der Waals surface area contributed by atoms with Crippen molar-refractivity contribution in [2.75, 3.05) is 12.8 Å². The highest BCUT2D eigenvalue weighted by atomic mass is 32.2. The van der Waals surface area contributed by atoms with E-state index in [4.69, 9.17) is 5.73 Å². The van der Waals surface area contributed by atoms with Gasteiger partial charge in [-0.1, -0.05) is 31.2 Å². The number of hydrogen-bond donors (Lipinski definition) is 1. The van der Waals surface area contributed by atoms with Crippen LogP contribution in [0.3, 0.4) is 0 Å². The van der Waals surface area contributed by atoms with Gasteiger partial charge >= 0.3 is 0 Å². The molecule has 0 unspecified atom stereocenters. The number of nitrogens with zero attached hydrogens (tertiary/aromatic N) is 2. The molecule has 1 aromatic carbocycles. The Kier molecular flexibility index (Phi) is 4.59. The lowest BCUT2D eigenvalue weighted by Gasteiger charge is -2.17. The monoisotopic (exact) mass is 305 g/mol. The zero-order chi connectivity index (χ0) is 15.5. The van der Waals surface area contributed by atoms with Crippen LogP contribution in [0.15, 0.2) is 47.5 Å². The van der Waals surface area contributed by atoms with Crippen LogP contribution in [-0.2, 0) is 23.0 Å². The number of hydrogen-bond acceptors (Lipinski definition) is 4. The summed E-state index contributed by atoms with van der Waals surface area (Å²) in [5.41, 5.74) is 7.65. The van der Waals surface area contributed by atoms with E-state index < -0.39 is 10.0 Å². The number of pyridine rings is 1. The van der Waals surface area contributed by atoms with Gasteiger partial charge in [0.2, 0.25) is 10.0 Å². The topological polar surface area (TPSA) is 76.3 Å². The van der Waals surface area contributed by atoms with Gasteiger partial charge in [-0.25, -0.2) is 13.4 Å². The smallest absolute Gasteiger partial charge is 0.244 e. The largest absolute Gasteiger partial charge is 0.384 e. The summed E-state index contributed by atoms with van der Waals surface area (Å²) in [6.45, 7) is 2.40. The summed E-state index contributed by atoms with van der Waals surface area (Å²) >= 11 is 0. The quantitative estimate of drug-likeness (QED) is 0.917. The Bertz CT molecular complexity index is 695. The fraction of sp³-hybridized carbons (Fsp3) is 0.267. The number of nitrogen functional groups attached to an aromatic ring is 1. The highest BCUT2D eigenvalue weighted by molar-refractivity contribution is 7.89. The second-order valence-corrected chi connectivity index (χ2v) is 6.89. The Morgan fingerprint density at radius 2 is 1.71 bits per heavy atom. The van der Waals surface area contributed by atoms with Gasteiger partial charge in [0.25, 0.3) is 0 Å². The number of aryl methyl sites for hydroxylation is 1. The molecule has 0 radical (unpaired) electrons. The number of benzene rings is 1. The zero-order valence-corrected chi connectivity index (χ0v) is 13.0. The van der Waals surface area contributed by atoms with Crippen molar-refractivity contribution in [3.63, 3.8) is 0 Å². The maximum atomic E-state index is 12.4. The van der Waals surface area contributed by atoms with Crippen molar-refractivity contribution >= 4 is 15.8 Å². The van der Waals surface area contributed by atoms with Crippen molar-refractivity contribution in [1.29, 1.82) is 0 Å². The van der Waals surface area contributed by atoms with Crippen LogP contribution in [0.2, 0.25) is 0 Å². The molecule has 0 aliphatic carbocycles. The lowest BCUT2D eigenvalue weighted by Crippen LogP contribution is -2.26. The minimum Gasteiger partial charge on any atom is -0.384 e. The molecule has 0 amide bonds. The molecule has 0 atom stereocenters. The molecule has 21 heavy (non-hydrogen) atoms. The van der Waals surface area contributed by atoms with Gasteiger partial charge in [0, 0.05) is 19.8 Å². The molecule has 0 bridgehead atoms. The number of rotatable bonds is 5. The molecule has 0 aliphatic heterocycles. The summed E-state index contributed by atoms with van der Waals surface area (Å²) in [5, 5.41) is 0. The Morgan fingerprint density at radius 3 is 2.24 bits per heavy atom. The highest BCUT2D eigenvalue weighted by Crippen LogP contribution is 2.17. The molecular weight excluding hydrogens is 286 g/mol. The lowest BCUT2D eigenvalue weighted by atomic mass is 10.1. The van der Waals surface area contributed by atoms with Crippen LogP contribution < -0.4 is 5.73 Å². The molecule has 0 saturated carbocycles. The van der Waals surface area contributed by atoms with Crippen molar-refractivity contribution in [2.45, 2.75) is 24.8 Å². The maximum Gasteiger partial charge on any atom is 0.244 e. The van der Waals surface area contributed by atoms with Gasteiger partial charge in [-0.05, 0) is 29.7 Å². The molecule has 2 rings (SSSR count). The highest BCUT2D eigenvalue weighted by Gasteiger charge is 2.21. The lowest BCUT2D eigenvalue weighted by molar-refractivity contribution is 0.466. The van der Waals surface area contributed by atoms with Crippen molar-refractivity contribution in [1.82, 2.24) is 9.29 Å². The van der Waals surface area contributed by atoms with E-state index in [0.29, 0.717) is 12.4 Å². The van der Waals surface area contributed by atoms with Crippen molar-refractivity contribution in [3.8, 4) is 0 Å². The van der Waals surface area contributed by atoms with E-state index in [2.05, 4.69) is 11.9 Å². The van der Waals surface area contributed by atoms with Crippen molar-refractivity contribution < 1.29 is 8.42 Å². The van der Waals surface area contributed by atoms with Crippen LogP contribution in [0.4, 0.5) is 5.82 Å². The third-order valence-electron chi connectivity index (χ3n) is 3.30. The first-order valence-electron chi connectivity index (χ1n) is 6.69. The summed E-state index contributed by atoms with van der Waals surface area (Å²) in [4.78, 5) is 3.97. The third-order valence-corrected chi connectivity index (χ3v) is 5.09. The molecule has 0 saturated heterocycles. The Hall–Kier alpha value is -1.92. The summed E-state index contributed by atoms with van der Waals surface area (Å²) in [6.07, 6.45) is 2.24. The van der Waals surface area contributed by atoms with Crippen molar-refractivity contribution in [3.05, 3.63) is 53.7 Å². The molecule has 0 fully saturated rings. The van der Waals surface area contributed by atoms with E-state index in [1.54, 1.807) is 7.05 Å². The molecule has 6 heteroatoms. The van der Waals surface area contributed by atoms with Crippen LogP contribution in [-0.4, -0.2) is 24.8 Å². The first-order chi connectivity index (χ1) is 9.93. The first kappa shape index (κ1) is 15.5.